The summed E-state index contributed by atoms with van der Waals surface area (Å²) >= 11 is 0. The van der Waals surface area contributed by atoms with Crippen molar-refractivity contribution in [3.63, 3.8) is 0 Å². The van der Waals surface area contributed by atoms with E-state index in [2.05, 4.69) is 36.0 Å². The van der Waals surface area contributed by atoms with Crippen LogP contribution >= 0.6 is 24.8 Å². The quantitative estimate of drug-likeness (QED) is 0.631. The van der Waals surface area contributed by atoms with Crippen molar-refractivity contribution in [3.8, 4) is 22.9 Å². The molecule has 2 heterocycles. The summed E-state index contributed by atoms with van der Waals surface area (Å²) < 4.78 is 13.0. The molecule has 1 N–H and O–H groups in total. The lowest BCUT2D eigenvalue weighted by molar-refractivity contribution is 0.355. The summed E-state index contributed by atoms with van der Waals surface area (Å²) in [6.45, 7) is 4.37. The molecule has 0 aliphatic carbocycles. The zero-order valence-corrected chi connectivity index (χ0v) is 19.0. The smallest absolute Gasteiger partial charge is 0.161 e. The Morgan fingerprint density at radius 2 is 1.69 bits per heavy atom. The van der Waals surface area contributed by atoms with Gasteiger partial charge >= 0.3 is 0 Å². The first-order valence-electron chi connectivity index (χ1n) is 9.52. The Morgan fingerprint density at radius 3 is 2.34 bits per heavy atom. The van der Waals surface area contributed by atoms with Crippen LogP contribution in [0, 0.1) is 6.92 Å². The average Bonchev–Trinajstić information content (AvgIpc) is 3.05. The minimum atomic E-state index is 0. The van der Waals surface area contributed by atoms with Crippen molar-refractivity contribution in [3.05, 3.63) is 41.5 Å². The van der Waals surface area contributed by atoms with E-state index < -0.39 is 0 Å². The van der Waals surface area contributed by atoms with E-state index in [9.17, 15) is 0 Å². The highest BCUT2D eigenvalue weighted by Crippen LogP contribution is 2.35. The number of imidazole rings is 1. The lowest BCUT2D eigenvalue weighted by atomic mass is 9.89. The van der Waals surface area contributed by atoms with Crippen molar-refractivity contribution >= 4 is 35.8 Å². The van der Waals surface area contributed by atoms with Gasteiger partial charge in [-0.1, -0.05) is 6.07 Å². The molecule has 1 fully saturated rings. The maximum atomic E-state index is 5.47. The van der Waals surface area contributed by atoms with Crippen LogP contribution in [0.3, 0.4) is 0 Å². The predicted molar refractivity (Wildman–Crippen MR) is 123 cm³/mol. The Balaban J connectivity index is 0.00000150. The van der Waals surface area contributed by atoms with Crippen LogP contribution < -0.4 is 14.8 Å². The van der Waals surface area contributed by atoms with E-state index in [1.54, 1.807) is 14.2 Å². The molecule has 0 radical (unpaired) electrons. The number of ether oxygens (including phenoxy) is 2. The number of hydrogen-bond donors (Lipinski definition) is 1. The first kappa shape index (κ1) is 23.3. The minimum absolute atomic E-state index is 0. The third-order valence-electron chi connectivity index (χ3n) is 5.65. The summed E-state index contributed by atoms with van der Waals surface area (Å²) in [6.07, 6.45) is 2.40. The largest absolute Gasteiger partial charge is 0.493 e. The normalized spacial score (nSPS) is 14.2. The number of halogens is 2. The highest BCUT2D eigenvalue weighted by molar-refractivity contribution is 5.86. The van der Waals surface area contributed by atoms with Crippen molar-refractivity contribution < 1.29 is 9.47 Å². The van der Waals surface area contributed by atoms with E-state index in [0.29, 0.717) is 11.7 Å². The zero-order chi connectivity index (χ0) is 19.0. The summed E-state index contributed by atoms with van der Waals surface area (Å²) in [6, 6.07) is 10.6. The maximum absolute atomic E-state index is 5.47. The fourth-order valence-corrected chi connectivity index (χ4v) is 4.11. The van der Waals surface area contributed by atoms with Crippen LogP contribution in [-0.2, 0) is 7.05 Å². The molecule has 0 amide bonds. The lowest BCUT2D eigenvalue weighted by Gasteiger charge is -2.23. The fraction of sp³-hybridized carbons (Fsp3) is 0.409. The van der Waals surface area contributed by atoms with Crippen molar-refractivity contribution in [1.82, 2.24) is 14.9 Å². The van der Waals surface area contributed by atoms with Gasteiger partial charge in [0.05, 0.1) is 25.3 Å². The number of rotatable bonds is 4. The van der Waals surface area contributed by atoms with E-state index in [1.807, 2.05) is 18.2 Å². The molecule has 0 atom stereocenters. The second kappa shape index (κ2) is 9.70. The van der Waals surface area contributed by atoms with Crippen LogP contribution in [0.1, 0.15) is 29.9 Å². The molecule has 0 saturated carbocycles. The van der Waals surface area contributed by atoms with Gasteiger partial charge in [0.25, 0.3) is 0 Å². The lowest BCUT2D eigenvalue weighted by Crippen LogP contribution is -2.26. The molecule has 2 aromatic carbocycles. The first-order valence-corrected chi connectivity index (χ1v) is 9.52. The van der Waals surface area contributed by atoms with Crippen LogP contribution in [0.15, 0.2) is 30.3 Å². The van der Waals surface area contributed by atoms with Gasteiger partial charge in [-0.25, -0.2) is 4.98 Å². The summed E-state index contributed by atoms with van der Waals surface area (Å²) in [5.74, 6) is 3.02. The molecule has 5 nitrogen and oxygen atoms in total. The molecule has 0 bridgehead atoms. The highest BCUT2D eigenvalue weighted by atomic mass is 35.5. The van der Waals surface area contributed by atoms with Crippen LogP contribution in [0.5, 0.6) is 11.5 Å². The molecule has 158 valence electrons. The molecule has 1 aromatic heterocycles. The number of benzene rings is 2. The number of fused-ring (bicyclic) bond motifs is 1. The van der Waals surface area contributed by atoms with Crippen LogP contribution in [0.25, 0.3) is 22.4 Å². The van der Waals surface area contributed by atoms with Gasteiger partial charge in [0.1, 0.15) is 5.82 Å². The number of aryl methyl sites for hydroxylation is 2. The Morgan fingerprint density at radius 1 is 1.00 bits per heavy atom. The van der Waals surface area contributed by atoms with Gasteiger partial charge in [0.15, 0.2) is 11.5 Å². The fourth-order valence-electron chi connectivity index (χ4n) is 4.11. The van der Waals surface area contributed by atoms with Gasteiger partial charge in [-0.2, -0.15) is 0 Å². The number of nitrogens with zero attached hydrogens (tertiary/aromatic N) is 2. The van der Waals surface area contributed by atoms with Crippen LogP contribution in [0.2, 0.25) is 0 Å². The summed E-state index contributed by atoms with van der Waals surface area (Å²) in [4.78, 5) is 4.95. The molecule has 3 aromatic rings. The number of hydrogen-bond acceptors (Lipinski definition) is 4. The molecule has 1 saturated heterocycles. The van der Waals surface area contributed by atoms with Gasteiger partial charge in [0.2, 0.25) is 0 Å². The number of methoxy groups -OCH3 is 2. The van der Waals surface area contributed by atoms with E-state index in [0.717, 1.165) is 35.7 Å². The van der Waals surface area contributed by atoms with E-state index in [-0.39, 0.29) is 24.8 Å². The van der Waals surface area contributed by atoms with E-state index in [4.69, 9.17) is 14.5 Å². The van der Waals surface area contributed by atoms with E-state index in [1.165, 1.54) is 29.5 Å². The average molecular weight is 438 g/mol. The van der Waals surface area contributed by atoms with Gasteiger partial charge in [-0.15, -0.1) is 24.8 Å². The third kappa shape index (κ3) is 4.32. The number of aromatic nitrogens is 2. The molecule has 7 heteroatoms. The molecule has 0 spiro atoms. The van der Waals surface area contributed by atoms with Gasteiger partial charge < -0.3 is 19.4 Å². The Kier molecular flexibility index (Phi) is 7.80. The Labute approximate surface area is 184 Å². The molecular formula is C22H29Cl2N3O2. The zero-order valence-electron chi connectivity index (χ0n) is 17.3. The predicted octanol–water partition coefficient (Wildman–Crippen LogP) is 4.88. The molecule has 1 aliphatic heterocycles. The second-order valence-electron chi connectivity index (χ2n) is 7.29. The molecule has 29 heavy (non-hydrogen) atoms. The van der Waals surface area contributed by atoms with Crippen molar-refractivity contribution in [2.75, 3.05) is 27.3 Å². The number of piperidine rings is 1. The van der Waals surface area contributed by atoms with Gasteiger partial charge in [-0.05, 0) is 74.2 Å². The van der Waals surface area contributed by atoms with Gasteiger partial charge in [-0.3, -0.25) is 0 Å². The summed E-state index contributed by atoms with van der Waals surface area (Å²) in [5, 5.41) is 3.45. The monoisotopic (exact) mass is 437 g/mol. The molecular weight excluding hydrogens is 409 g/mol. The highest BCUT2D eigenvalue weighted by Gasteiger charge is 2.19. The maximum Gasteiger partial charge on any atom is 0.161 e. The molecule has 0 unspecified atom stereocenters. The van der Waals surface area contributed by atoms with Gasteiger partial charge in [0, 0.05) is 12.6 Å². The number of nitrogens with one attached hydrogen (secondary N) is 1. The van der Waals surface area contributed by atoms with Crippen molar-refractivity contribution in [2.24, 2.45) is 7.05 Å². The molecule has 1 aliphatic rings. The SMILES string of the molecule is COc1ccc(-c2nc3c(C)cc(C4CCNCC4)cc3n2C)cc1OC.Cl.Cl. The summed E-state index contributed by atoms with van der Waals surface area (Å²) in [5.41, 5.74) is 5.95. The second-order valence-corrected chi connectivity index (χ2v) is 7.29. The Hall–Kier alpha value is -1.95. The third-order valence-corrected chi connectivity index (χ3v) is 5.65. The van der Waals surface area contributed by atoms with Crippen molar-refractivity contribution in [2.45, 2.75) is 25.7 Å². The van der Waals surface area contributed by atoms with E-state index >= 15 is 0 Å². The topological polar surface area (TPSA) is 48.3 Å². The van der Waals surface area contributed by atoms with Crippen LogP contribution in [-0.4, -0.2) is 36.9 Å². The first-order chi connectivity index (χ1) is 13.1. The molecule has 4 rings (SSSR count). The summed E-state index contributed by atoms with van der Waals surface area (Å²) in [7, 11) is 5.40. The Bertz CT molecular complexity index is 982. The minimum Gasteiger partial charge on any atom is -0.493 e. The van der Waals surface area contributed by atoms with Crippen LogP contribution in [0.4, 0.5) is 0 Å². The van der Waals surface area contributed by atoms with Crippen molar-refractivity contribution in [1.29, 1.82) is 0 Å². The standard InChI is InChI=1S/C22H27N3O2.2ClH/c1-14-11-17(15-7-9-23-10-8-15)12-18-21(14)24-22(25(18)2)16-5-6-19(26-3)20(13-16)27-4;;/h5-6,11-13,15,23H,7-10H2,1-4H3;2*1H.